The molecule has 0 unspecified atom stereocenters. The van der Waals surface area contributed by atoms with E-state index >= 15 is 0 Å². The fourth-order valence-electron chi connectivity index (χ4n) is 2.81. The highest BCUT2D eigenvalue weighted by Gasteiger charge is 2.21. The highest BCUT2D eigenvalue weighted by molar-refractivity contribution is 7.99. The van der Waals surface area contributed by atoms with Crippen molar-refractivity contribution in [3.05, 3.63) is 47.2 Å². The van der Waals surface area contributed by atoms with Gasteiger partial charge >= 0.3 is 0 Å². The predicted molar refractivity (Wildman–Crippen MR) is 105 cm³/mol. The van der Waals surface area contributed by atoms with Crippen molar-refractivity contribution in [1.82, 2.24) is 25.1 Å². The Balaban J connectivity index is 1.83. The van der Waals surface area contributed by atoms with Gasteiger partial charge in [0.2, 0.25) is 0 Å². The van der Waals surface area contributed by atoms with Crippen molar-refractivity contribution in [2.24, 2.45) is 7.05 Å². The Morgan fingerprint density at radius 1 is 1.23 bits per heavy atom. The molecule has 0 fully saturated rings. The number of carbonyl (C=O) groups excluding carboxylic acids is 1. The van der Waals surface area contributed by atoms with E-state index in [0.717, 1.165) is 42.7 Å². The van der Waals surface area contributed by atoms with Crippen molar-refractivity contribution in [2.75, 3.05) is 13.1 Å². The van der Waals surface area contributed by atoms with E-state index in [1.807, 2.05) is 6.07 Å². The molecule has 0 spiro atoms. The van der Waals surface area contributed by atoms with E-state index in [4.69, 9.17) is 9.62 Å². The third-order valence-corrected chi connectivity index (χ3v) is 5.68. The van der Waals surface area contributed by atoms with Crippen molar-refractivity contribution >= 4 is 17.7 Å². The highest BCUT2D eigenvalue weighted by atomic mass is 32.2. The summed E-state index contributed by atoms with van der Waals surface area (Å²) in [6, 6.07) is 5.31. The summed E-state index contributed by atoms with van der Waals surface area (Å²) in [4.78, 5) is 13.2. The summed E-state index contributed by atoms with van der Waals surface area (Å²) >= 11 is 0.731. The summed E-state index contributed by atoms with van der Waals surface area (Å²) in [7, 11) is 1.66. The monoisotopic (exact) mass is 437 g/mol. The third-order valence-electron chi connectivity index (χ3n) is 4.55. The van der Waals surface area contributed by atoms with Crippen LogP contribution in [-0.4, -0.2) is 43.9 Å². The van der Waals surface area contributed by atoms with Gasteiger partial charge in [-0.25, -0.2) is 14.3 Å². The zero-order valence-corrected chi connectivity index (χ0v) is 17.5. The first kappa shape index (κ1) is 21.9. The lowest BCUT2D eigenvalue weighted by atomic mass is 10.2. The van der Waals surface area contributed by atoms with Gasteiger partial charge in [0, 0.05) is 12.6 Å². The minimum Gasteiger partial charge on any atom is -0.456 e. The van der Waals surface area contributed by atoms with Gasteiger partial charge < -0.3 is 8.98 Å². The Bertz CT molecular complexity index is 1030. The lowest BCUT2D eigenvalue weighted by Crippen LogP contribution is -2.21. The van der Waals surface area contributed by atoms with Crippen molar-refractivity contribution in [1.29, 1.82) is 0 Å². The van der Waals surface area contributed by atoms with Crippen LogP contribution < -0.4 is 5.48 Å². The molecule has 0 aliphatic rings. The average Bonchev–Trinajstić information content (AvgIpc) is 3.34. The minimum absolute atomic E-state index is 0.240. The molecule has 0 saturated carbocycles. The number of amides is 1. The molecule has 2 heterocycles. The molecular weight excluding hydrogens is 416 g/mol. The number of furan rings is 1. The topological polar surface area (TPSA) is 96.4 Å². The van der Waals surface area contributed by atoms with Crippen molar-refractivity contribution in [3.8, 4) is 11.6 Å². The molecule has 11 heteroatoms. The maximum atomic E-state index is 14.3. The van der Waals surface area contributed by atoms with E-state index in [0.29, 0.717) is 18.1 Å². The number of halogens is 2. The van der Waals surface area contributed by atoms with E-state index in [1.54, 1.807) is 17.7 Å². The van der Waals surface area contributed by atoms with E-state index in [-0.39, 0.29) is 15.6 Å². The molecule has 1 aromatic carbocycles. The summed E-state index contributed by atoms with van der Waals surface area (Å²) in [5, 5.41) is 16.9. The molecule has 3 aromatic rings. The second-order valence-electron chi connectivity index (χ2n) is 6.40. The first-order valence-electron chi connectivity index (χ1n) is 9.20. The van der Waals surface area contributed by atoms with Crippen LogP contribution in [0, 0.1) is 11.6 Å². The molecule has 0 radical (unpaired) electrons. The summed E-state index contributed by atoms with van der Waals surface area (Å²) in [6.45, 7) is 6.60. The SMILES string of the molecule is CCN(CC)Cc1ccc(-c2nnc(Sc3c(F)cc(C(=O)NO)cc3F)n2C)o1. The van der Waals surface area contributed by atoms with Gasteiger partial charge in [-0.05, 0) is 49.1 Å². The van der Waals surface area contributed by atoms with Crippen molar-refractivity contribution < 1.29 is 23.2 Å². The van der Waals surface area contributed by atoms with Crippen LogP contribution >= 0.6 is 11.8 Å². The van der Waals surface area contributed by atoms with E-state index in [1.165, 1.54) is 5.48 Å². The Morgan fingerprint density at radius 2 is 1.90 bits per heavy atom. The smallest absolute Gasteiger partial charge is 0.274 e. The van der Waals surface area contributed by atoms with E-state index in [2.05, 4.69) is 28.9 Å². The second kappa shape index (κ2) is 9.37. The summed E-state index contributed by atoms with van der Waals surface area (Å²) in [5.74, 6) is -1.23. The molecular formula is C19H21F2N5O3S. The van der Waals surface area contributed by atoms with Crippen LogP contribution in [0.3, 0.4) is 0 Å². The van der Waals surface area contributed by atoms with Crippen LogP contribution in [0.2, 0.25) is 0 Å². The van der Waals surface area contributed by atoms with Crippen LogP contribution in [0.25, 0.3) is 11.6 Å². The largest absolute Gasteiger partial charge is 0.456 e. The number of rotatable bonds is 8. The number of hydrogen-bond acceptors (Lipinski definition) is 7. The Morgan fingerprint density at radius 3 is 2.50 bits per heavy atom. The molecule has 0 saturated heterocycles. The first-order valence-corrected chi connectivity index (χ1v) is 10.0. The maximum Gasteiger partial charge on any atom is 0.274 e. The van der Waals surface area contributed by atoms with Gasteiger partial charge in [-0.15, -0.1) is 10.2 Å². The molecule has 0 aliphatic heterocycles. The molecule has 2 N–H and O–H groups in total. The van der Waals surface area contributed by atoms with Crippen LogP contribution in [0.4, 0.5) is 8.78 Å². The maximum absolute atomic E-state index is 14.3. The Hall–Kier alpha value is -2.76. The molecule has 8 nitrogen and oxygen atoms in total. The van der Waals surface area contributed by atoms with Gasteiger partial charge in [-0.1, -0.05) is 13.8 Å². The lowest BCUT2D eigenvalue weighted by molar-refractivity contribution is 0.0705. The van der Waals surface area contributed by atoms with Crippen molar-refractivity contribution in [2.45, 2.75) is 30.4 Å². The van der Waals surface area contributed by atoms with Crippen LogP contribution in [0.1, 0.15) is 30.0 Å². The second-order valence-corrected chi connectivity index (χ2v) is 7.38. The van der Waals surface area contributed by atoms with Gasteiger partial charge in [-0.2, -0.15) is 0 Å². The number of benzene rings is 1. The molecule has 0 aliphatic carbocycles. The van der Waals surface area contributed by atoms with E-state index < -0.39 is 17.5 Å². The summed E-state index contributed by atoms with van der Waals surface area (Å²) in [6.07, 6.45) is 0. The van der Waals surface area contributed by atoms with Crippen LogP contribution in [0.15, 0.2) is 38.7 Å². The fraction of sp³-hybridized carbons (Fsp3) is 0.316. The predicted octanol–water partition coefficient (Wildman–Crippen LogP) is 3.47. The number of hydroxylamine groups is 1. The fourth-order valence-corrected chi connectivity index (χ4v) is 3.61. The molecule has 1 amide bonds. The summed E-state index contributed by atoms with van der Waals surface area (Å²) < 4.78 is 36.1. The highest BCUT2D eigenvalue weighted by Crippen LogP contribution is 2.33. The minimum atomic E-state index is -1.01. The molecule has 3 rings (SSSR count). The molecule has 0 atom stereocenters. The molecule has 30 heavy (non-hydrogen) atoms. The number of nitrogens with one attached hydrogen (secondary N) is 1. The molecule has 2 aromatic heterocycles. The van der Waals surface area contributed by atoms with Crippen LogP contribution in [-0.2, 0) is 13.6 Å². The molecule has 160 valence electrons. The zero-order chi connectivity index (χ0) is 21.8. The van der Waals surface area contributed by atoms with Crippen LogP contribution in [0.5, 0.6) is 0 Å². The number of aromatic nitrogens is 3. The van der Waals surface area contributed by atoms with Gasteiger partial charge in [-0.3, -0.25) is 14.9 Å². The number of hydrogen-bond donors (Lipinski definition) is 2. The quantitative estimate of drug-likeness (QED) is 0.411. The number of nitrogens with zero attached hydrogens (tertiary/aromatic N) is 4. The Labute approximate surface area is 175 Å². The van der Waals surface area contributed by atoms with Gasteiger partial charge in [0.05, 0.1) is 11.4 Å². The lowest BCUT2D eigenvalue weighted by Gasteiger charge is -2.15. The average molecular weight is 437 g/mol. The van der Waals surface area contributed by atoms with Gasteiger partial charge in [0.1, 0.15) is 17.4 Å². The number of carbonyl (C=O) groups is 1. The van der Waals surface area contributed by atoms with E-state index in [9.17, 15) is 13.6 Å². The standard InChI is InChI=1S/C19H21F2N5O3S/c1-4-26(5-2)10-12-6-7-15(29-12)17-22-23-19(25(17)3)30-16-13(20)8-11(9-14(16)21)18(27)24-28/h6-9,28H,4-5,10H2,1-3H3,(H,24,27). The third kappa shape index (κ3) is 4.53. The summed E-state index contributed by atoms with van der Waals surface area (Å²) in [5.41, 5.74) is 0.997. The molecule has 0 bridgehead atoms. The first-order chi connectivity index (χ1) is 14.4. The van der Waals surface area contributed by atoms with Gasteiger partial charge in [0.25, 0.3) is 5.91 Å². The normalized spacial score (nSPS) is 11.3. The van der Waals surface area contributed by atoms with Gasteiger partial charge in [0.15, 0.2) is 16.7 Å². The van der Waals surface area contributed by atoms with Crippen molar-refractivity contribution in [3.63, 3.8) is 0 Å². The zero-order valence-electron chi connectivity index (χ0n) is 16.6. The Kier molecular flexibility index (Phi) is 6.85.